The summed E-state index contributed by atoms with van der Waals surface area (Å²) in [5.41, 5.74) is 1.07. The summed E-state index contributed by atoms with van der Waals surface area (Å²) in [5.74, 6) is 1.63. The van der Waals surface area contributed by atoms with Crippen molar-refractivity contribution in [2.45, 2.75) is 13.1 Å². The number of halogens is 2. The topological polar surface area (TPSA) is 50.6 Å². The third-order valence-electron chi connectivity index (χ3n) is 3.24. The first kappa shape index (κ1) is 19.8. The summed E-state index contributed by atoms with van der Waals surface area (Å²) in [6, 6.07) is 9.99. The zero-order valence-corrected chi connectivity index (χ0v) is 17.2. The largest absolute Gasteiger partial charge is 0.496 e. The smallest absolute Gasteiger partial charge is 0.191 e. The molecule has 0 unspecified atom stereocenters. The molecular weight excluding hydrogens is 471 g/mol. The molecule has 7 heteroatoms. The summed E-state index contributed by atoms with van der Waals surface area (Å²) in [6.45, 7) is 2.35. The SMILES string of the molecule is CN=C(NCCn1cccc1)NCc1cc(Br)ccc1OC.I. The summed E-state index contributed by atoms with van der Waals surface area (Å²) in [5, 5.41) is 6.59. The first-order chi connectivity index (χ1) is 10.7. The van der Waals surface area contributed by atoms with Crippen molar-refractivity contribution in [3.8, 4) is 5.75 Å². The average molecular weight is 493 g/mol. The summed E-state index contributed by atoms with van der Waals surface area (Å²) in [7, 11) is 3.44. The van der Waals surface area contributed by atoms with Crippen LogP contribution in [0.25, 0.3) is 0 Å². The molecule has 1 aromatic heterocycles. The third kappa shape index (κ3) is 6.42. The van der Waals surface area contributed by atoms with Crippen LogP contribution in [0.3, 0.4) is 0 Å². The lowest BCUT2D eigenvalue weighted by Gasteiger charge is -2.14. The number of hydrogen-bond acceptors (Lipinski definition) is 2. The number of methoxy groups -OCH3 is 1. The second kappa shape index (κ2) is 10.5. The Morgan fingerprint density at radius 2 is 2.00 bits per heavy atom. The van der Waals surface area contributed by atoms with Gasteiger partial charge in [-0.15, -0.1) is 24.0 Å². The van der Waals surface area contributed by atoms with Crippen LogP contribution >= 0.6 is 39.9 Å². The molecule has 2 N–H and O–H groups in total. The molecule has 0 saturated heterocycles. The molecule has 0 radical (unpaired) electrons. The van der Waals surface area contributed by atoms with E-state index in [2.05, 4.69) is 36.1 Å². The van der Waals surface area contributed by atoms with Crippen LogP contribution in [0.5, 0.6) is 5.75 Å². The predicted molar refractivity (Wildman–Crippen MR) is 109 cm³/mol. The maximum absolute atomic E-state index is 5.37. The molecule has 0 aliphatic rings. The van der Waals surface area contributed by atoms with Gasteiger partial charge in [0.2, 0.25) is 0 Å². The molecule has 126 valence electrons. The minimum Gasteiger partial charge on any atom is -0.496 e. The number of nitrogens with one attached hydrogen (secondary N) is 2. The molecule has 2 rings (SSSR count). The van der Waals surface area contributed by atoms with Crippen molar-refractivity contribution in [1.29, 1.82) is 0 Å². The minimum atomic E-state index is 0. The molecule has 0 amide bonds. The number of benzene rings is 1. The van der Waals surface area contributed by atoms with Gasteiger partial charge < -0.3 is 19.9 Å². The van der Waals surface area contributed by atoms with E-state index < -0.39 is 0 Å². The van der Waals surface area contributed by atoms with Gasteiger partial charge in [-0.05, 0) is 30.3 Å². The highest BCUT2D eigenvalue weighted by molar-refractivity contribution is 14.0. The van der Waals surface area contributed by atoms with Crippen LogP contribution in [-0.2, 0) is 13.1 Å². The molecule has 0 bridgehead atoms. The molecule has 1 heterocycles. The summed E-state index contributed by atoms with van der Waals surface area (Å²) in [6.07, 6.45) is 4.09. The predicted octanol–water partition coefficient (Wildman–Crippen LogP) is 3.24. The number of nitrogens with zero attached hydrogens (tertiary/aromatic N) is 2. The van der Waals surface area contributed by atoms with Gasteiger partial charge in [0.05, 0.1) is 7.11 Å². The van der Waals surface area contributed by atoms with Crippen LogP contribution in [-0.4, -0.2) is 31.2 Å². The summed E-state index contributed by atoms with van der Waals surface area (Å²) in [4.78, 5) is 4.23. The van der Waals surface area contributed by atoms with Crippen LogP contribution in [0, 0.1) is 0 Å². The molecule has 0 aliphatic heterocycles. The van der Waals surface area contributed by atoms with Crippen molar-refractivity contribution in [2.75, 3.05) is 20.7 Å². The fourth-order valence-corrected chi connectivity index (χ4v) is 2.52. The Labute approximate surface area is 162 Å². The van der Waals surface area contributed by atoms with E-state index in [1.165, 1.54) is 0 Å². The summed E-state index contributed by atoms with van der Waals surface area (Å²) >= 11 is 3.48. The van der Waals surface area contributed by atoms with Gasteiger partial charge in [0.25, 0.3) is 0 Å². The quantitative estimate of drug-likeness (QED) is 0.370. The van der Waals surface area contributed by atoms with Gasteiger partial charge in [-0.3, -0.25) is 4.99 Å². The van der Waals surface area contributed by atoms with Crippen molar-refractivity contribution < 1.29 is 4.74 Å². The Kier molecular flexibility index (Phi) is 9.08. The molecule has 23 heavy (non-hydrogen) atoms. The number of hydrogen-bond donors (Lipinski definition) is 2. The zero-order valence-electron chi connectivity index (χ0n) is 13.3. The fourth-order valence-electron chi connectivity index (χ4n) is 2.11. The average Bonchev–Trinajstić information content (AvgIpc) is 3.04. The van der Waals surface area contributed by atoms with E-state index in [0.717, 1.165) is 34.8 Å². The maximum Gasteiger partial charge on any atom is 0.191 e. The van der Waals surface area contributed by atoms with Crippen molar-refractivity contribution in [3.05, 3.63) is 52.8 Å². The zero-order chi connectivity index (χ0) is 15.8. The van der Waals surface area contributed by atoms with E-state index >= 15 is 0 Å². The molecule has 0 fully saturated rings. The van der Waals surface area contributed by atoms with Crippen molar-refractivity contribution in [2.24, 2.45) is 4.99 Å². The molecule has 2 aromatic rings. The highest BCUT2D eigenvalue weighted by Crippen LogP contribution is 2.22. The van der Waals surface area contributed by atoms with Crippen LogP contribution < -0.4 is 15.4 Å². The van der Waals surface area contributed by atoms with Gasteiger partial charge >= 0.3 is 0 Å². The lowest BCUT2D eigenvalue weighted by atomic mass is 10.2. The Morgan fingerprint density at radius 1 is 1.26 bits per heavy atom. The molecule has 0 atom stereocenters. The van der Waals surface area contributed by atoms with Crippen LogP contribution in [0.4, 0.5) is 0 Å². The number of aliphatic imine (C=N–C) groups is 1. The van der Waals surface area contributed by atoms with Crippen LogP contribution in [0.2, 0.25) is 0 Å². The van der Waals surface area contributed by atoms with Crippen molar-refractivity contribution >= 4 is 45.9 Å². The van der Waals surface area contributed by atoms with Crippen LogP contribution in [0.15, 0.2) is 52.2 Å². The molecule has 0 aliphatic carbocycles. The maximum atomic E-state index is 5.37. The molecular formula is C16H22BrIN4O. The number of aromatic nitrogens is 1. The lowest BCUT2D eigenvalue weighted by molar-refractivity contribution is 0.409. The first-order valence-electron chi connectivity index (χ1n) is 7.10. The lowest BCUT2D eigenvalue weighted by Crippen LogP contribution is -2.38. The van der Waals surface area contributed by atoms with E-state index in [1.54, 1.807) is 14.2 Å². The Hall–Kier alpha value is -1.22. The van der Waals surface area contributed by atoms with Gasteiger partial charge in [0, 0.05) is 49.1 Å². The van der Waals surface area contributed by atoms with Gasteiger partial charge in [0.15, 0.2) is 5.96 Å². The van der Waals surface area contributed by atoms with E-state index in [9.17, 15) is 0 Å². The van der Waals surface area contributed by atoms with E-state index in [-0.39, 0.29) is 24.0 Å². The van der Waals surface area contributed by atoms with Crippen LogP contribution in [0.1, 0.15) is 5.56 Å². The van der Waals surface area contributed by atoms with Crippen molar-refractivity contribution in [1.82, 2.24) is 15.2 Å². The van der Waals surface area contributed by atoms with Crippen molar-refractivity contribution in [3.63, 3.8) is 0 Å². The third-order valence-corrected chi connectivity index (χ3v) is 3.73. The Balaban J connectivity index is 0.00000264. The Bertz CT molecular complexity index is 617. The van der Waals surface area contributed by atoms with Gasteiger partial charge in [-0.25, -0.2) is 0 Å². The van der Waals surface area contributed by atoms with E-state index in [1.807, 2.05) is 42.7 Å². The van der Waals surface area contributed by atoms with Gasteiger partial charge in [-0.1, -0.05) is 15.9 Å². The van der Waals surface area contributed by atoms with E-state index in [4.69, 9.17) is 4.74 Å². The summed E-state index contributed by atoms with van der Waals surface area (Å²) < 4.78 is 8.52. The standard InChI is InChI=1S/C16H21BrN4O.HI/c1-18-16(19-7-10-21-8-3-4-9-21)20-12-13-11-14(17)5-6-15(13)22-2;/h3-6,8-9,11H,7,10,12H2,1-2H3,(H2,18,19,20);1H. The monoisotopic (exact) mass is 492 g/mol. The molecule has 0 spiro atoms. The Morgan fingerprint density at radius 3 is 2.65 bits per heavy atom. The fraction of sp³-hybridized carbons (Fsp3) is 0.312. The highest BCUT2D eigenvalue weighted by atomic mass is 127. The van der Waals surface area contributed by atoms with Gasteiger partial charge in [-0.2, -0.15) is 0 Å². The number of guanidine groups is 1. The number of ether oxygens (including phenoxy) is 1. The second-order valence-electron chi connectivity index (χ2n) is 4.73. The molecule has 5 nitrogen and oxygen atoms in total. The normalized spacial score (nSPS) is 10.8. The second-order valence-corrected chi connectivity index (χ2v) is 5.65. The van der Waals surface area contributed by atoms with Gasteiger partial charge in [0.1, 0.15) is 5.75 Å². The molecule has 0 saturated carbocycles. The van der Waals surface area contributed by atoms with E-state index in [0.29, 0.717) is 6.54 Å². The number of rotatable bonds is 6. The minimum absolute atomic E-state index is 0. The molecule has 1 aromatic carbocycles. The highest BCUT2D eigenvalue weighted by Gasteiger charge is 2.05. The first-order valence-corrected chi connectivity index (χ1v) is 7.90.